The summed E-state index contributed by atoms with van der Waals surface area (Å²) >= 11 is 0. The Morgan fingerprint density at radius 2 is 2.12 bits per heavy atom. The maximum atomic E-state index is 12.8. The highest BCUT2D eigenvalue weighted by atomic mass is 19.4. The number of rotatable bonds is 4. The second-order valence-corrected chi connectivity index (χ2v) is 6.02. The fourth-order valence-electron chi connectivity index (χ4n) is 2.81. The van der Waals surface area contributed by atoms with E-state index >= 15 is 0 Å². The number of ether oxygens (including phenoxy) is 1. The summed E-state index contributed by atoms with van der Waals surface area (Å²) in [4.78, 5) is 21.3. The average molecular weight is 357 g/mol. The van der Waals surface area contributed by atoms with E-state index in [0.717, 1.165) is 4.52 Å². The number of carbonyl (C=O) groups excluding carboxylic acids is 1. The van der Waals surface area contributed by atoms with Crippen molar-refractivity contribution in [2.45, 2.75) is 33.0 Å². The first-order chi connectivity index (χ1) is 11.8. The first-order valence-corrected chi connectivity index (χ1v) is 7.99. The molecule has 0 amide bonds. The number of piperidine rings is 1. The average Bonchev–Trinajstić information content (AvgIpc) is 2.96. The van der Waals surface area contributed by atoms with Crippen molar-refractivity contribution in [3.63, 3.8) is 0 Å². The van der Waals surface area contributed by atoms with Gasteiger partial charge in [-0.2, -0.15) is 22.7 Å². The molecule has 0 radical (unpaired) electrons. The number of fused-ring (bicyclic) bond motifs is 1. The summed E-state index contributed by atoms with van der Waals surface area (Å²) in [5, 5.41) is 3.45. The molecule has 2 aromatic rings. The topological polar surface area (TPSA) is 72.6 Å². The van der Waals surface area contributed by atoms with Crippen molar-refractivity contribution in [1.29, 1.82) is 0 Å². The fraction of sp³-hybridized carbons (Fsp3) is 0.600. The maximum Gasteiger partial charge on any atom is 0.453 e. The van der Waals surface area contributed by atoms with E-state index in [-0.39, 0.29) is 30.0 Å². The van der Waals surface area contributed by atoms with E-state index in [0.29, 0.717) is 31.7 Å². The molecule has 2 aromatic heterocycles. The van der Waals surface area contributed by atoms with Gasteiger partial charge in [0.1, 0.15) is 5.78 Å². The number of hydrogen-bond donors (Lipinski definition) is 0. The molecular formula is C15H18F3N5O2. The number of likely N-dealkylation sites (tertiary alicyclic amines) is 1. The molecule has 10 heteroatoms. The van der Waals surface area contributed by atoms with E-state index in [4.69, 9.17) is 4.74 Å². The molecule has 0 aromatic carbocycles. The Labute approximate surface area is 141 Å². The van der Waals surface area contributed by atoms with Crippen LogP contribution in [0.1, 0.15) is 31.8 Å². The van der Waals surface area contributed by atoms with Crippen molar-refractivity contribution in [2.24, 2.45) is 5.92 Å². The van der Waals surface area contributed by atoms with Crippen molar-refractivity contribution in [2.75, 3.05) is 19.7 Å². The van der Waals surface area contributed by atoms with Crippen LogP contribution in [-0.2, 0) is 17.5 Å². The summed E-state index contributed by atoms with van der Waals surface area (Å²) in [6.45, 7) is 5.46. The molecule has 0 saturated carbocycles. The third kappa shape index (κ3) is 3.73. The molecule has 3 rings (SSSR count). The van der Waals surface area contributed by atoms with Gasteiger partial charge in [0.15, 0.2) is 0 Å². The van der Waals surface area contributed by atoms with Crippen molar-refractivity contribution in [3.05, 3.63) is 17.6 Å². The molecule has 1 fully saturated rings. The standard InChI is InChI=1S/C15H18F3N5O2/c1-3-25-12-6-10(8-22-5-4-11(24)9(2)7-22)19-14-20-13(15(16,17)18)21-23(12)14/h6,9H,3-5,7-8H2,1-2H3/t9-/m0/s1. The van der Waals surface area contributed by atoms with Crippen LogP contribution in [0.25, 0.3) is 5.78 Å². The van der Waals surface area contributed by atoms with Crippen LogP contribution in [-0.4, -0.2) is 50.0 Å². The number of carbonyl (C=O) groups is 1. The van der Waals surface area contributed by atoms with Crippen LogP contribution in [0, 0.1) is 5.92 Å². The van der Waals surface area contributed by atoms with E-state index in [1.165, 1.54) is 0 Å². The monoisotopic (exact) mass is 357 g/mol. The largest absolute Gasteiger partial charge is 0.478 e. The molecule has 7 nitrogen and oxygen atoms in total. The van der Waals surface area contributed by atoms with E-state index in [1.54, 1.807) is 13.0 Å². The zero-order valence-corrected chi connectivity index (χ0v) is 13.9. The van der Waals surface area contributed by atoms with Gasteiger partial charge in [0.2, 0.25) is 5.88 Å². The predicted octanol–water partition coefficient (Wildman–Crippen LogP) is 1.95. The number of ketones is 1. The van der Waals surface area contributed by atoms with Gasteiger partial charge >= 0.3 is 6.18 Å². The second kappa shape index (κ2) is 6.58. The summed E-state index contributed by atoms with van der Waals surface area (Å²) in [5.74, 6) is -1.09. The Hall–Kier alpha value is -2.23. The molecule has 3 heterocycles. The van der Waals surface area contributed by atoms with Crippen LogP contribution in [0.3, 0.4) is 0 Å². The van der Waals surface area contributed by atoms with Crippen LogP contribution in [0.5, 0.6) is 5.88 Å². The van der Waals surface area contributed by atoms with Crippen molar-refractivity contribution >= 4 is 11.6 Å². The summed E-state index contributed by atoms with van der Waals surface area (Å²) in [6.07, 6.45) is -4.19. The number of halogens is 3. The number of alkyl halides is 3. The highest BCUT2D eigenvalue weighted by Gasteiger charge is 2.37. The van der Waals surface area contributed by atoms with Crippen molar-refractivity contribution < 1.29 is 22.7 Å². The van der Waals surface area contributed by atoms with Gasteiger partial charge < -0.3 is 4.74 Å². The molecule has 25 heavy (non-hydrogen) atoms. The van der Waals surface area contributed by atoms with Crippen LogP contribution in [0.2, 0.25) is 0 Å². The van der Waals surface area contributed by atoms with Gasteiger partial charge in [-0.1, -0.05) is 6.92 Å². The molecule has 0 bridgehead atoms. The van der Waals surface area contributed by atoms with Gasteiger partial charge in [-0.3, -0.25) is 9.69 Å². The smallest absolute Gasteiger partial charge is 0.453 e. The third-order valence-corrected chi connectivity index (χ3v) is 4.02. The lowest BCUT2D eigenvalue weighted by Crippen LogP contribution is -2.39. The minimum atomic E-state index is -4.65. The highest BCUT2D eigenvalue weighted by Crippen LogP contribution is 2.27. The van der Waals surface area contributed by atoms with E-state index in [1.807, 2.05) is 11.8 Å². The Morgan fingerprint density at radius 1 is 1.36 bits per heavy atom. The summed E-state index contributed by atoms with van der Waals surface area (Å²) in [7, 11) is 0. The Balaban J connectivity index is 1.92. The van der Waals surface area contributed by atoms with Crippen molar-refractivity contribution in [3.8, 4) is 5.88 Å². The third-order valence-electron chi connectivity index (χ3n) is 4.02. The number of nitrogens with zero attached hydrogens (tertiary/aromatic N) is 5. The molecule has 1 saturated heterocycles. The van der Waals surface area contributed by atoms with Gasteiger partial charge in [-0.15, -0.1) is 5.10 Å². The first kappa shape index (κ1) is 17.6. The molecule has 136 valence electrons. The van der Waals surface area contributed by atoms with Crippen molar-refractivity contribution in [1.82, 2.24) is 24.5 Å². The van der Waals surface area contributed by atoms with E-state index in [9.17, 15) is 18.0 Å². The normalized spacial score (nSPS) is 19.6. The van der Waals surface area contributed by atoms with Gasteiger partial charge in [0.25, 0.3) is 11.6 Å². The van der Waals surface area contributed by atoms with Gasteiger partial charge in [-0.25, -0.2) is 4.98 Å². The van der Waals surface area contributed by atoms with Gasteiger partial charge in [-0.05, 0) is 6.92 Å². The second-order valence-electron chi connectivity index (χ2n) is 6.02. The lowest BCUT2D eigenvalue weighted by molar-refractivity contribution is -0.144. The summed E-state index contributed by atoms with van der Waals surface area (Å²) < 4.78 is 44.9. The molecule has 0 spiro atoms. The fourth-order valence-corrected chi connectivity index (χ4v) is 2.81. The Bertz CT molecular complexity index is 789. The minimum Gasteiger partial charge on any atom is -0.478 e. The summed E-state index contributed by atoms with van der Waals surface area (Å²) in [5.41, 5.74) is 0.527. The molecule has 0 unspecified atom stereocenters. The van der Waals surface area contributed by atoms with Gasteiger partial charge in [0.05, 0.1) is 12.3 Å². The predicted molar refractivity (Wildman–Crippen MR) is 81.0 cm³/mol. The molecule has 1 aliphatic rings. The van der Waals surface area contributed by atoms with Crippen LogP contribution >= 0.6 is 0 Å². The lowest BCUT2D eigenvalue weighted by atomic mass is 9.98. The van der Waals surface area contributed by atoms with Crippen LogP contribution < -0.4 is 4.74 Å². The molecule has 1 atom stereocenters. The van der Waals surface area contributed by atoms with Crippen LogP contribution in [0.4, 0.5) is 13.2 Å². The first-order valence-electron chi connectivity index (χ1n) is 7.99. The van der Waals surface area contributed by atoms with E-state index in [2.05, 4.69) is 15.1 Å². The number of aromatic nitrogens is 4. The number of hydrogen-bond acceptors (Lipinski definition) is 6. The van der Waals surface area contributed by atoms with E-state index < -0.39 is 12.0 Å². The zero-order valence-electron chi connectivity index (χ0n) is 13.9. The highest BCUT2D eigenvalue weighted by molar-refractivity contribution is 5.81. The Kier molecular flexibility index (Phi) is 4.63. The molecule has 0 N–H and O–H groups in total. The van der Waals surface area contributed by atoms with Gasteiger partial charge in [0, 0.05) is 38.0 Å². The minimum absolute atomic E-state index is 0.0613. The number of Topliss-reactive ketones (excluding diaryl/α,β-unsaturated/α-hetero) is 1. The zero-order chi connectivity index (χ0) is 18.2. The maximum absolute atomic E-state index is 12.8. The SMILES string of the molecule is CCOc1cc(CN2CCC(=O)[C@@H](C)C2)nc2nc(C(F)(F)F)nn12. The molecule has 0 aliphatic carbocycles. The molecule has 1 aliphatic heterocycles. The summed E-state index contributed by atoms with van der Waals surface area (Å²) in [6, 6.07) is 1.56. The molecular weight excluding hydrogens is 339 g/mol. The lowest BCUT2D eigenvalue weighted by Gasteiger charge is -2.29. The Morgan fingerprint density at radius 3 is 2.76 bits per heavy atom. The quantitative estimate of drug-likeness (QED) is 0.833. The van der Waals surface area contributed by atoms with Crippen LogP contribution in [0.15, 0.2) is 6.07 Å².